The van der Waals surface area contributed by atoms with Crippen molar-refractivity contribution in [2.45, 2.75) is 6.92 Å². The van der Waals surface area contributed by atoms with Gasteiger partial charge in [0, 0.05) is 19.5 Å². The Labute approximate surface area is 84.6 Å². The van der Waals surface area contributed by atoms with Crippen LogP contribution in [-0.4, -0.2) is 42.3 Å². The third kappa shape index (κ3) is 3.09. The Morgan fingerprint density at radius 3 is 2.42 bits per heavy atom. The molecule has 0 amide bonds. The van der Waals surface area contributed by atoms with Crippen LogP contribution in [0.4, 0.5) is 0 Å². The molecular weight excluding hydrogens is 249 g/mol. The minimum Gasteiger partial charge on any atom is -0.502 e. The number of carbonyl (C=O) groups is 1. The van der Waals surface area contributed by atoms with Crippen LogP contribution in [0.5, 0.6) is 0 Å². The summed E-state index contributed by atoms with van der Waals surface area (Å²) >= 11 is 0. The fourth-order valence-corrected chi connectivity index (χ4v) is 1.03. The van der Waals surface area contributed by atoms with Gasteiger partial charge in [-0.2, -0.15) is 6.92 Å². The van der Waals surface area contributed by atoms with E-state index in [9.17, 15) is 4.79 Å². The van der Waals surface area contributed by atoms with Crippen molar-refractivity contribution in [2.24, 2.45) is 0 Å². The Hall–Kier alpha value is -0.117. The summed E-state index contributed by atoms with van der Waals surface area (Å²) in [6.45, 7) is 4.26. The van der Waals surface area contributed by atoms with Crippen LogP contribution < -0.4 is 0 Å². The van der Waals surface area contributed by atoms with Gasteiger partial charge < -0.3 is 14.7 Å². The molecule has 0 saturated carbocycles. The van der Waals surface area contributed by atoms with Crippen LogP contribution in [0.1, 0.15) is 6.92 Å². The minimum atomic E-state index is -0.841. The zero-order valence-corrected chi connectivity index (χ0v) is 8.51. The smallest absolute Gasteiger partial charge is 0.179 e. The number of hydrogen-bond acceptors (Lipinski definition) is 3. The molecule has 4 nitrogen and oxygen atoms in total. The maximum absolute atomic E-state index is 10.5. The Bertz CT molecular complexity index is 148. The molecule has 0 aliphatic carbocycles. The Morgan fingerprint density at radius 2 is 2.00 bits per heavy atom. The van der Waals surface area contributed by atoms with Gasteiger partial charge in [-0.25, -0.2) is 6.04 Å². The second kappa shape index (κ2) is 5.52. The van der Waals surface area contributed by atoms with E-state index >= 15 is 0 Å². The van der Waals surface area contributed by atoms with Gasteiger partial charge in [-0.1, -0.05) is 0 Å². The molecule has 0 atom stereocenters. The number of ether oxygens (including phenoxy) is 1. The van der Waals surface area contributed by atoms with Crippen LogP contribution in [0.15, 0.2) is 0 Å². The summed E-state index contributed by atoms with van der Waals surface area (Å²) < 4.78 is 5.08. The predicted molar refractivity (Wildman–Crippen MR) is 38.9 cm³/mol. The van der Waals surface area contributed by atoms with Gasteiger partial charge in [0.05, 0.1) is 13.2 Å². The molecule has 12 heavy (non-hydrogen) atoms. The van der Waals surface area contributed by atoms with Crippen molar-refractivity contribution in [3.05, 3.63) is 6.04 Å². The molecule has 0 bridgehead atoms. The zero-order chi connectivity index (χ0) is 8.27. The van der Waals surface area contributed by atoms with Gasteiger partial charge in [0.2, 0.25) is 0 Å². The van der Waals surface area contributed by atoms with Crippen LogP contribution in [0.25, 0.3) is 0 Å². The van der Waals surface area contributed by atoms with E-state index in [2.05, 4.69) is 0 Å². The summed E-state index contributed by atoms with van der Waals surface area (Å²) in [4.78, 5) is 12.3. The average Bonchev–Trinajstić information content (AvgIpc) is 2.05. The van der Waals surface area contributed by atoms with Gasteiger partial charge in [0.15, 0.2) is 5.97 Å². The Morgan fingerprint density at radius 1 is 1.50 bits per heavy atom. The van der Waals surface area contributed by atoms with E-state index < -0.39 is 5.97 Å². The maximum atomic E-state index is 10.5. The van der Waals surface area contributed by atoms with Crippen molar-refractivity contribution < 1.29 is 34.1 Å². The van der Waals surface area contributed by atoms with Gasteiger partial charge in [-0.3, -0.25) is 4.79 Å². The van der Waals surface area contributed by atoms with Crippen LogP contribution in [0.3, 0.4) is 0 Å². The summed E-state index contributed by atoms with van der Waals surface area (Å²) in [5.74, 6) is -0.841. The number of nitrogens with zero attached hydrogens (tertiary/aromatic N) is 1. The molecule has 1 fully saturated rings. The van der Waals surface area contributed by atoms with E-state index in [4.69, 9.17) is 9.84 Å². The summed E-state index contributed by atoms with van der Waals surface area (Å²) in [5, 5.41) is 8.61. The first-order valence-electron chi connectivity index (χ1n) is 3.61. The first kappa shape index (κ1) is 11.9. The van der Waals surface area contributed by atoms with E-state index in [1.165, 1.54) is 0 Å². The van der Waals surface area contributed by atoms with E-state index in [0.717, 1.165) is 0 Å². The SMILES string of the molecule is C[C-](C(=O)O)N1CCOCC1.[Rh]. The second-order valence-corrected chi connectivity index (χ2v) is 2.49. The van der Waals surface area contributed by atoms with Crippen molar-refractivity contribution in [3.8, 4) is 0 Å². The summed E-state index contributed by atoms with van der Waals surface area (Å²) in [6.07, 6.45) is 0. The molecule has 0 aromatic heterocycles. The number of carboxylic acid groups (broad SMARTS) is 1. The van der Waals surface area contributed by atoms with Gasteiger partial charge >= 0.3 is 0 Å². The molecule has 0 aromatic carbocycles. The van der Waals surface area contributed by atoms with E-state index in [1.807, 2.05) is 4.90 Å². The monoisotopic (exact) mass is 261 g/mol. The minimum absolute atomic E-state index is 0. The Balaban J connectivity index is 0.00000121. The van der Waals surface area contributed by atoms with Crippen molar-refractivity contribution in [2.75, 3.05) is 26.3 Å². The van der Waals surface area contributed by atoms with Crippen molar-refractivity contribution in [1.82, 2.24) is 4.90 Å². The van der Waals surface area contributed by atoms with Gasteiger partial charge in [-0.15, -0.1) is 0 Å². The van der Waals surface area contributed by atoms with Gasteiger partial charge in [0.25, 0.3) is 0 Å². The largest absolute Gasteiger partial charge is 0.502 e. The van der Waals surface area contributed by atoms with Gasteiger partial charge in [-0.05, 0) is 13.1 Å². The van der Waals surface area contributed by atoms with Crippen molar-refractivity contribution in [1.29, 1.82) is 0 Å². The third-order valence-corrected chi connectivity index (χ3v) is 1.79. The molecule has 0 aromatic rings. The summed E-state index contributed by atoms with van der Waals surface area (Å²) in [7, 11) is 0. The van der Waals surface area contributed by atoms with Crippen LogP contribution in [0.2, 0.25) is 0 Å². The van der Waals surface area contributed by atoms with Crippen LogP contribution >= 0.6 is 0 Å². The molecular formula is C7H12NO3Rh-. The third-order valence-electron chi connectivity index (χ3n) is 1.79. The fourth-order valence-electron chi connectivity index (χ4n) is 1.03. The molecule has 1 aliphatic rings. The molecule has 1 heterocycles. The predicted octanol–water partition coefficient (Wildman–Crippen LogP) is -0.0474. The topological polar surface area (TPSA) is 49.8 Å². The van der Waals surface area contributed by atoms with E-state index in [0.29, 0.717) is 32.3 Å². The number of aliphatic carboxylic acids is 1. The fraction of sp³-hybridized carbons (Fsp3) is 0.714. The van der Waals surface area contributed by atoms with Crippen molar-refractivity contribution >= 4 is 5.97 Å². The molecule has 1 saturated heterocycles. The molecule has 0 unspecified atom stereocenters. The van der Waals surface area contributed by atoms with E-state index in [-0.39, 0.29) is 19.5 Å². The van der Waals surface area contributed by atoms with Gasteiger partial charge in [0.1, 0.15) is 0 Å². The molecule has 1 radical (unpaired) electrons. The second-order valence-electron chi connectivity index (χ2n) is 2.49. The van der Waals surface area contributed by atoms with Crippen molar-refractivity contribution in [3.63, 3.8) is 0 Å². The molecule has 5 heteroatoms. The standard InChI is InChI=1S/C7H12NO3.Rh/c1-6(7(9)10)8-2-4-11-5-3-8;/h2-5H2,1H3,(H,9,10);/q-1;. The quantitative estimate of drug-likeness (QED) is 0.559. The molecule has 0 spiro atoms. The molecule has 1 rings (SSSR count). The molecule has 73 valence electrons. The first-order valence-corrected chi connectivity index (χ1v) is 3.61. The molecule has 1 aliphatic heterocycles. The van der Waals surface area contributed by atoms with Crippen LogP contribution in [0, 0.1) is 6.04 Å². The number of morpholine rings is 1. The normalized spacial score (nSPS) is 18.1. The van der Waals surface area contributed by atoms with E-state index in [1.54, 1.807) is 6.92 Å². The molecule has 1 N–H and O–H groups in total. The number of carboxylic acids is 1. The van der Waals surface area contributed by atoms with Crippen LogP contribution in [-0.2, 0) is 29.0 Å². The average molecular weight is 261 g/mol. The number of rotatable bonds is 2. The summed E-state index contributed by atoms with van der Waals surface area (Å²) in [6, 6.07) is 0.410. The summed E-state index contributed by atoms with van der Waals surface area (Å²) in [5.41, 5.74) is 0. The Kier molecular flexibility index (Phi) is 5.46. The zero-order valence-electron chi connectivity index (χ0n) is 6.87. The maximum Gasteiger partial charge on any atom is 0.179 e. The number of hydrogen-bond donors (Lipinski definition) is 1. The first-order chi connectivity index (χ1) is 5.22.